The summed E-state index contributed by atoms with van der Waals surface area (Å²) in [6, 6.07) is 3.96. The molecule has 120 valence electrons. The van der Waals surface area contributed by atoms with Crippen LogP contribution in [0.1, 0.15) is 24.8 Å². The molecule has 0 spiro atoms. The van der Waals surface area contributed by atoms with Gasteiger partial charge in [0.15, 0.2) is 0 Å². The van der Waals surface area contributed by atoms with E-state index in [0.29, 0.717) is 12.5 Å². The lowest BCUT2D eigenvalue weighted by Gasteiger charge is -2.28. The van der Waals surface area contributed by atoms with Crippen LogP contribution in [-0.4, -0.2) is 49.2 Å². The van der Waals surface area contributed by atoms with Gasteiger partial charge in [-0.15, -0.1) is 0 Å². The Morgan fingerprint density at radius 3 is 3.05 bits per heavy atom. The van der Waals surface area contributed by atoms with E-state index in [0.717, 1.165) is 31.7 Å². The highest BCUT2D eigenvalue weighted by Gasteiger charge is 2.50. The zero-order valence-electron chi connectivity index (χ0n) is 13.2. The van der Waals surface area contributed by atoms with Crippen LogP contribution in [-0.2, 0) is 20.9 Å². The zero-order chi connectivity index (χ0) is 15.4. The number of aromatic nitrogens is 1. The molecule has 0 aromatic carbocycles. The van der Waals surface area contributed by atoms with Crippen molar-refractivity contribution in [1.29, 1.82) is 0 Å². The molecule has 2 fully saturated rings. The van der Waals surface area contributed by atoms with Gasteiger partial charge in [0.2, 0.25) is 5.91 Å². The highest BCUT2D eigenvalue weighted by molar-refractivity contribution is 5.77. The summed E-state index contributed by atoms with van der Waals surface area (Å²) in [5, 5.41) is 0. The van der Waals surface area contributed by atoms with E-state index in [2.05, 4.69) is 4.98 Å². The standard InChI is InChI=1S/C17H24N2O3/c1-21-11-16(20)19-9-15-3-2-6-17(15,12-19)13-22-10-14-4-7-18-8-5-14/h4-5,7-8,15H,2-3,6,9-13H2,1H3/t15-,17+/m1/s1. The Morgan fingerprint density at radius 2 is 2.27 bits per heavy atom. The number of hydrogen-bond acceptors (Lipinski definition) is 4. The second-order valence-corrected chi connectivity index (χ2v) is 6.51. The van der Waals surface area contributed by atoms with Crippen LogP contribution in [0.2, 0.25) is 0 Å². The molecule has 1 aromatic heterocycles. The first-order valence-electron chi connectivity index (χ1n) is 7.97. The van der Waals surface area contributed by atoms with Gasteiger partial charge in [0.05, 0.1) is 13.2 Å². The molecule has 22 heavy (non-hydrogen) atoms. The SMILES string of the molecule is COCC(=O)N1C[C@H]2CCC[C@@]2(COCc2ccncc2)C1. The Hall–Kier alpha value is -1.46. The van der Waals surface area contributed by atoms with E-state index < -0.39 is 0 Å². The lowest BCUT2D eigenvalue weighted by atomic mass is 9.81. The van der Waals surface area contributed by atoms with Gasteiger partial charge in [-0.25, -0.2) is 0 Å². The second-order valence-electron chi connectivity index (χ2n) is 6.51. The van der Waals surface area contributed by atoms with Crippen molar-refractivity contribution >= 4 is 5.91 Å². The highest BCUT2D eigenvalue weighted by atomic mass is 16.5. The van der Waals surface area contributed by atoms with Crippen LogP contribution in [0.15, 0.2) is 24.5 Å². The first-order chi connectivity index (χ1) is 10.7. The summed E-state index contributed by atoms with van der Waals surface area (Å²) >= 11 is 0. The summed E-state index contributed by atoms with van der Waals surface area (Å²) in [5.41, 5.74) is 1.29. The molecule has 1 saturated carbocycles. The van der Waals surface area contributed by atoms with Crippen LogP contribution >= 0.6 is 0 Å². The number of carbonyl (C=O) groups is 1. The van der Waals surface area contributed by atoms with E-state index in [4.69, 9.17) is 9.47 Å². The van der Waals surface area contributed by atoms with Crippen molar-refractivity contribution in [2.45, 2.75) is 25.9 Å². The molecule has 2 aliphatic rings. The van der Waals surface area contributed by atoms with E-state index in [-0.39, 0.29) is 17.9 Å². The third-order valence-corrected chi connectivity index (χ3v) is 5.07. The monoisotopic (exact) mass is 304 g/mol. The van der Waals surface area contributed by atoms with E-state index in [9.17, 15) is 4.79 Å². The molecule has 3 rings (SSSR count). The topological polar surface area (TPSA) is 51.7 Å². The molecule has 5 nitrogen and oxygen atoms in total. The quantitative estimate of drug-likeness (QED) is 0.805. The molecule has 1 saturated heterocycles. The van der Waals surface area contributed by atoms with Crippen molar-refractivity contribution in [2.75, 3.05) is 33.4 Å². The molecule has 2 atom stereocenters. The maximum absolute atomic E-state index is 12.1. The van der Waals surface area contributed by atoms with Crippen molar-refractivity contribution in [3.05, 3.63) is 30.1 Å². The van der Waals surface area contributed by atoms with Gasteiger partial charge in [0.25, 0.3) is 0 Å². The third-order valence-electron chi connectivity index (χ3n) is 5.07. The minimum atomic E-state index is 0.102. The van der Waals surface area contributed by atoms with Crippen LogP contribution in [0.5, 0.6) is 0 Å². The number of hydrogen-bond donors (Lipinski definition) is 0. The summed E-state index contributed by atoms with van der Waals surface area (Å²) in [5.74, 6) is 0.677. The first kappa shape index (κ1) is 15.4. The number of methoxy groups -OCH3 is 1. The number of amides is 1. The molecule has 1 aliphatic heterocycles. The largest absolute Gasteiger partial charge is 0.376 e. The van der Waals surface area contributed by atoms with Gasteiger partial charge in [-0.3, -0.25) is 9.78 Å². The number of rotatable bonds is 6. The normalized spacial score (nSPS) is 27.1. The molecular weight excluding hydrogens is 280 g/mol. The van der Waals surface area contributed by atoms with Crippen LogP contribution in [0.3, 0.4) is 0 Å². The van der Waals surface area contributed by atoms with Gasteiger partial charge in [-0.05, 0) is 36.5 Å². The van der Waals surface area contributed by atoms with Crippen LogP contribution < -0.4 is 0 Å². The summed E-state index contributed by atoms with van der Waals surface area (Å²) in [6.07, 6.45) is 7.18. The maximum Gasteiger partial charge on any atom is 0.248 e. The van der Waals surface area contributed by atoms with Gasteiger partial charge in [0.1, 0.15) is 6.61 Å². The fourth-order valence-electron chi connectivity index (χ4n) is 3.91. The Morgan fingerprint density at radius 1 is 1.45 bits per heavy atom. The predicted molar refractivity (Wildman–Crippen MR) is 82.1 cm³/mol. The second kappa shape index (κ2) is 6.75. The Bertz CT molecular complexity index is 508. The van der Waals surface area contributed by atoms with Gasteiger partial charge >= 0.3 is 0 Å². The Kier molecular flexibility index (Phi) is 4.74. The molecule has 0 N–H and O–H groups in total. The average Bonchev–Trinajstić information content (AvgIpc) is 3.05. The van der Waals surface area contributed by atoms with Gasteiger partial charge < -0.3 is 14.4 Å². The molecule has 5 heteroatoms. The smallest absolute Gasteiger partial charge is 0.248 e. The molecular formula is C17H24N2O3. The molecule has 2 heterocycles. The highest BCUT2D eigenvalue weighted by Crippen LogP contribution is 2.48. The summed E-state index contributed by atoms with van der Waals surface area (Å²) < 4.78 is 11.0. The van der Waals surface area contributed by atoms with Gasteiger partial charge in [-0.1, -0.05) is 6.42 Å². The van der Waals surface area contributed by atoms with E-state index in [1.54, 1.807) is 19.5 Å². The minimum Gasteiger partial charge on any atom is -0.376 e. The van der Waals surface area contributed by atoms with Crippen molar-refractivity contribution in [3.63, 3.8) is 0 Å². The summed E-state index contributed by atoms with van der Waals surface area (Å²) in [7, 11) is 1.57. The van der Waals surface area contributed by atoms with Crippen molar-refractivity contribution < 1.29 is 14.3 Å². The van der Waals surface area contributed by atoms with Gasteiger partial charge in [-0.2, -0.15) is 0 Å². The lowest BCUT2D eigenvalue weighted by Crippen LogP contribution is -2.36. The van der Waals surface area contributed by atoms with Crippen LogP contribution in [0.25, 0.3) is 0 Å². The van der Waals surface area contributed by atoms with Crippen molar-refractivity contribution in [2.24, 2.45) is 11.3 Å². The fourth-order valence-corrected chi connectivity index (χ4v) is 3.91. The van der Waals surface area contributed by atoms with E-state index in [1.165, 1.54) is 12.8 Å². The first-order valence-corrected chi connectivity index (χ1v) is 7.97. The Labute approximate surface area is 131 Å². The van der Waals surface area contributed by atoms with Gasteiger partial charge in [0, 0.05) is 38.0 Å². The molecule has 1 amide bonds. The minimum absolute atomic E-state index is 0.102. The molecule has 1 aromatic rings. The zero-order valence-corrected chi connectivity index (χ0v) is 13.2. The van der Waals surface area contributed by atoms with E-state index in [1.807, 2.05) is 17.0 Å². The lowest BCUT2D eigenvalue weighted by molar-refractivity contribution is -0.134. The summed E-state index contributed by atoms with van der Waals surface area (Å²) in [4.78, 5) is 18.0. The average molecular weight is 304 g/mol. The fraction of sp³-hybridized carbons (Fsp3) is 0.647. The molecule has 0 unspecified atom stereocenters. The van der Waals surface area contributed by atoms with Crippen LogP contribution in [0.4, 0.5) is 0 Å². The number of carbonyl (C=O) groups excluding carboxylic acids is 1. The Balaban J connectivity index is 1.57. The van der Waals surface area contributed by atoms with Crippen molar-refractivity contribution in [3.8, 4) is 0 Å². The van der Waals surface area contributed by atoms with Crippen molar-refractivity contribution in [1.82, 2.24) is 9.88 Å². The van der Waals surface area contributed by atoms with Crippen LogP contribution in [0, 0.1) is 11.3 Å². The maximum atomic E-state index is 12.1. The number of fused-ring (bicyclic) bond motifs is 1. The van der Waals surface area contributed by atoms with E-state index >= 15 is 0 Å². The number of pyridine rings is 1. The number of nitrogens with zero attached hydrogens (tertiary/aromatic N) is 2. The molecule has 1 aliphatic carbocycles. The third kappa shape index (κ3) is 3.15. The molecule has 0 radical (unpaired) electrons. The summed E-state index contributed by atoms with van der Waals surface area (Å²) in [6.45, 7) is 3.21. The number of ether oxygens (including phenoxy) is 2. The number of likely N-dealkylation sites (tertiary alicyclic amines) is 1. The molecule has 0 bridgehead atoms. The predicted octanol–water partition coefficient (Wildman–Crippen LogP) is 1.87.